The minimum Gasteiger partial charge on any atom is -0.494 e. The Morgan fingerprint density at radius 1 is 1.29 bits per heavy atom. The van der Waals surface area contributed by atoms with Gasteiger partial charge < -0.3 is 14.8 Å². The maximum atomic E-state index is 12.6. The fourth-order valence-electron chi connectivity index (χ4n) is 3.03. The van der Waals surface area contributed by atoms with Crippen LogP contribution >= 0.6 is 0 Å². The Morgan fingerprint density at radius 3 is 2.79 bits per heavy atom. The summed E-state index contributed by atoms with van der Waals surface area (Å²) in [6.07, 6.45) is 0.193. The minimum absolute atomic E-state index is 0.0693. The number of hydrogen-bond donors (Lipinski definition) is 1. The Kier molecular flexibility index (Phi) is 5.79. The van der Waals surface area contributed by atoms with E-state index in [0.717, 1.165) is 23.1 Å². The number of carbonyl (C=O) groups is 1. The molecule has 0 radical (unpaired) electrons. The van der Waals surface area contributed by atoms with Crippen molar-refractivity contribution in [3.63, 3.8) is 0 Å². The average molecular weight is 404 g/mol. The van der Waals surface area contributed by atoms with Gasteiger partial charge in [-0.3, -0.25) is 9.10 Å². The SMILES string of the molecule is CCOc1cccc(CNC(=O)[C@@H]2CN(S(C)(=O)=O)c3cc(C)ccc3O2)c1. The number of rotatable bonds is 6. The van der Waals surface area contributed by atoms with E-state index in [1.165, 1.54) is 4.31 Å². The first kappa shape index (κ1) is 20.0. The van der Waals surface area contributed by atoms with Crippen LogP contribution in [0.25, 0.3) is 0 Å². The Labute approximate surface area is 165 Å². The third-order valence-electron chi connectivity index (χ3n) is 4.35. The van der Waals surface area contributed by atoms with Crippen LogP contribution in [0.15, 0.2) is 42.5 Å². The van der Waals surface area contributed by atoms with Crippen molar-refractivity contribution in [1.29, 1.82) is 0 Å². The van der Waals surface area contributed by atoms with Crippen LogP contribution in [0.4, 0.5) is 5.69 Å². The molecule has 1 aliphatic heterocycles. The maximum absolute atomic E-state index is 12.6. The van der Waals surface area contributed by atoms with Gasteiger partial charge in [0.05, 0.1) is 25.1 Å². The molecule has 1 aliphatic rings. The summed E-state index contributed by atoms with van der Waals surface area (Å²) in [7, 11) is -3.54. The molecular formula is C20H24N2O5S. The van der Waals surface area contributed by atoms with Gasteiger partial charge in [0, 0.05) is 6.54 Å². The second kappa shape index (κ2) is 8.10. The molecule has 0 bridgehead atoms. The smallest absolute Gasteiger partial charge is 0.263 e. The van der Waals surface area contributed by atoms with E-state index in [9.17, 15) is 13.2 Å². The largest absolute Gasteiger partial charge is 0.494 e. The molecule has 150 valence electrons. The molecule has 0 saturated heterocycles. The molecule has 28 heavy (non-hydrogen) atoms. The Bertz CT molecular complexity index is 974. The molecule has 0 saturated carbocycles. The van der Waals surface area contributed by atoms with Gasteiger partial charge in [-0.1, -0.05) is 18.2 Å². The summed E-state index contributed by atoms with van der Waals surface area (Å²) in [6.45, 7) is 4.56. The van der Waals surface area contributed by atoms with Crippen LogP contribution < -0.4 is 19.1 Å². The topological polar surface area (TPSA) is 84.9 Å². The number of carbonyl (C=O) groups excluding carboxylic acids is 1. The lowest BCUT2D eigenvalue weighted by Crippen LogP contribution is -2.50. The monoisotopic (exact) mass is 404 g/mol. The van der Waals surface area contributed by atoms with Crippen molar-refractivity contribution >= 4 is 21.6 Å². The van der Waals surface area contributed by atoms with Gasteiger partial charge in [0.15, 0.2) is 6.10 Å². The Morgan fingerprint density at radius 2 is 2.07 bits per heavy atom. The summed E-state index contributed by atoms with van der Waals surface area (Å²) < 4.78 is 36.9. The first-order chi connectivity index (χ1) is 13.3. The predicted octanol–water partition coefficient (Wildman–Crippen LogP) is 2.24. The fraction of sp³-hybridized carbons (Fsp3) is 0.350. The fourth-order valence-corrected chi connectivity index (χ4v) is 3.93. The molecular weight excluding hydrogens is 380 g/mol. The van der Waals surface area contributed by atoms with Crippen molar-refractivity contribution < 1.29 is 22.7 Å². The number of fused-ring (bicyclic) bond motifs is 1. The molecule has 2 aromatic carbocycles. The number of nitrogens with zero attached hydrogens (tertiary/aromatic N) is 1. The van der Waals surface area contributed by atoms with Gasteiger partial charge in [-0.15, -0.1) is 0 Å². The molecule has 1 amide bonds. The van der Waals surface area contributed by atoms with Crippen molar-refractivity contribution in [2.24, 2.45) is 0 Å². The molecule has 0 unspecified atom stereocenters. The number of ether oxygens (including phenoxy) is 2. The highest BCUT2D eigenvalue weighted by Gasteiger charge is 2.34. The highest BCUT2D eigenvalue weighted by atomic mass is 32.2. The lowest BCUT2D eigenvalue weighted by atomic mass is 10.1. The van der Waals surface area contributed by atoms with E-state index in [0.29, 0.717) is 24.6 Å². The molecule has 3 rings (SSSR count). The normalized spacial score (nSPS) is 16.1. The molecule has 0 spiro atoms. The second-order valence-corrected chi connectivity index (χ2v) is 8.58. The zero-order chi connectivity index (χ0) is 20.3. The van der Waals surface area contributed by atoms with Crippen LogP contribution in [0.2, 0.25) is 0 Å². The van der Waals surface area contributed by atoms with Crippen molar-refractivity contribution in [3.8, 4) is 11.5 Å². The van der Waals surface area contributed by atoms with Crippen molar-refractivity contribution in [2.45, 2.75) is 26.5 Å². The van der Waals surface area contributed by atoms with E-state index in [1.54, 1.807) is 12.1 Å². The molecule has 0 aliphatic carbocycles. The zero-order valence-electron chi connectivity index (χ0n) is 16.1. The first-order valence-corrected chi connectivity index (χ1v) is 10.9. The number of nitrogens with one attached hydrogen (secondary N) is 1. The molecule has 1 atom stereocenters. The van der Waals surface area contributed by atoms with E-state index in [2.05, 4.69) is 5.32 Å². The van der Waals surface area contributed by atoms with Crippen molar-refractivity contribution in [3.05, 3.63) is 53.6 Å². The molecule has 7 nitrogen and oxygen atoms in total. The summed E-state index contributed by atoms with van der Waals surface area (Å²) in [5.74, 6) is 0.734. The molecule has 2 aromatic rings. The molecule has 1 N–H and O–H groups in total. The summed E-state index contributed by atoms with van der Waals surface area (Å²) in [6, 6.07) is 12.7. The molecule has 0 fully saturated rings. The van der Waals surface area contributed by atoms with Crippen molar-refractivity contribution in [1.82, 2.24) is 5.32 Å². The number of aryl methyl sites for hydroxylation is 1. The van der Waals surface area contributed by atoms with E-state index in [-0.39, 0.29) is 12.5 Å². The third-order valence-corrected chi connectivity index (χ3v) is 5.50. The third kappa shape index (κ3) is 4.56. The van der Waals surface area contributed by atoms with E-state index < -0.39 is 16.1 Å². The second-order valence-electron chi connectivity index (χ2n) is 6.67. The summed E-state index contributed by atoms with van der Waals surface area (Å²) in [5.41, 5.74) is 2.25. The van der Waals surface area contributed by atoms with Gasteiger partial charge in [0.25, 0.3) is 5.91 Å². The maximum Gasteiger partial charge on any atom is 0.263 e. The molecule has 0 aromatic heterocycles. The average Bonchev–Trinajstić information content (AvgIpc) is 2.65. The number of benzene rings is 2. The van der Waals surface area contributed by atoms with Gasteiger partial charge in [0.1, 0.15) is 11.5 Å². The van der Waals surface area contributed by atoms with Gasteiger partial charge in [-0.05, 0) is 49.2 Å². The highest BCUT2D eigenvalue weighted by Crippen LogP contribution is 2.35. The summed E-state index contributed by atoms with van der Waals surface area (Å²) >= 11 is 0. The first-order valence-electron chi connectivity index (χ1n) is 9.02. The summed E-state index contributed by atoms with van der Waals surface area (Å²) in [5, 5.41) is 2.81. The van der Waals surface area contributed by atoms with Crippen LogP contribution in [-0.4, -0.2) is 39.8 Å². The number of amides is 1. The lowest BCUT2D eigenvalue weighted by Gasteiger charge is -2.34. The molecule has 1 heterocycles. The lowest BCUT2D eigenvalue weighted by molar-refractivity contribution is -0.127. The van der Waals surface area contributed by atoms with Gasteiger partial charge in [0.2, 0.25) is 10.0 Å². The van der Waals surface area contributed by atoms with E-state index >= 15 is 0 Å². The predicted molar refractivity (Wildman–Crippen MR) is 107 cm³/mol. The van der Waals surface area contributed by atoms with Gasteiger partial charge >= 0.3 is 0 Å². The standard InChI is InChI=1S/C20H24N2O5S/c1-4-26-16-7-5-6-15(11-16)12-21-20(23)19-13-22(28(3,24)25)17-10-14(2)8-9-18(17)27-19/h5-11,19H,4,12-13H2,1-3H3,(H,21,23)/t19-/m0/s1. The van der Waals surface area contributed by atoms with Crippen LogP contribution in [0, 0.1) is 6.92 Å². The minimum atomic E-state index is -3.54. The number of anilines is 1. The van der Waals surface area contributed by atoms with Crippen LogP contribution in [0.1, 0.15) is 18.1 Å². The van der Waals surface area contributed by atoms with Crippen LogP contribution in [0.5, 0.6) is 11.5 Å². The van der Waals surface area contributed by atoms with Crippen LogP contribution in [-0.2, 0) is 21.4 Å². The number of hydrogen-bond acceptors (Lipinski definition) is 5. The Balaban J connectivity index is 1.74. The van der Waals surface area contributed by atoms with E-state index in [4.69, 9.17) is 9.47 Å². The quantitative estimate of drug-likeness (QED) is 0.798. The number of sulfonamides is 1. The van der Waals surface area contributed by atoms with E-state index in [1.807, 2.05) is 44.2 Å². The highest BCUT2D eigenvalue weighted by molar-refractivity contribution is 7.92. The van der Waals surface area contributed by atoms with Gasteiger partial charge in [-0.25, -0.2) is 8.42 Å². The van der Waals surface area contributed by atoms with Gasteiger partial charge in [-0.2, -0.15) is 0 Å². The van der Waals surface area contributed by atoms with Crippen LogP contribution in [0.3, 0.4) is 0 Å². The van der Waals surface area contributed by atoms with Crippen molar-refractivity contribution in [2.75, 3.05) is 23.7 Å². The Hall–Kier alpha value is -2.74. The summed E-state index contributed by atoms with van der Waals surface area (Å²) in [4.78, 5) is 12.6. The molecule has 8 heteroatoms. The zero-order valence-corrected chi connectivity index (χ0v) is 17.0.